The van der Waals surface area contributed by atoms with Crippen molar-refractivity contribution in [3.63, 3.8) is 0 Å². The lowest BCUT2D eigenvalue weighted by Gasteiger charge is -2.45. The van der Waals surface area contributed by atoms with Crippen molar-refractivity contribution in [3.8, 4) is 0 Å². The van der Waals surface area contributed by atoms with E-state index in [0.29, 0.717) is 23.6 Å². The van der Waals surface area contributed by atoms with Crippen LogP contribution in [0.1, 0.15) is 12.1 Å². The average Bonchev–Trinajstić information content (AvgIpc) is 2.90. The standard InChI is InChI=1S/C10H15N3O4S2/c1-4-9(18-10(14)12-4)19(15,16)13-7-6(11)5-2-3-17-8(5)7/h5-8,13H,2-3,11H2,1H3,(H,12,14). The first-order valence-corrected chi connectivity index (χ1v) is 8.29. The zero-order chi connectivity index (χ0) is 13.8. The van der Waals surface area contributed by atoms with Crippen molar-refractivity contribution in [1.82, 2.24) is 9.71 Å². The summed E-state index contributed by atoms with van der Waals surface area (Å²) in [5, 5.41) is 0. The van der Waals surface area contributed by atoms with Crippen molar-refractivity contribution in [2.24, 2.45) is 11.7 Å². The van der Waals surface area contributed by atoms with Gasteiger partial charge in [-0.15, -0.1) is 0 Å². The second kappa shape index (κ2) is 4.38. The molecule has 7 nitrogen and oxygen atoms in total. The molecular weight excluding hydrogens is 290 g/mol. The molecule has 9 heteroatoms. The third-order valence-corrected chi connectivity index (χ3v) is 6.83. The number of aromatic amines is 1. The van der Waals surface area contributed by atoms with E-state index in [9.17, 15) is 13.2 Å². The van der Waals surface area contributed by atoms with Crippen molar-refractivity contribution in [3.05, 3.63) is 15.4 Å². The van der Waals surface area contributed by atoms with Gasteiger partial charge < -0.3 is 15.5 Å². The van der Waals surface area contributed by atoms with Crippen molar-refractivity contribution in [1.29, 1.82) is 0 Å². The Morgan fingerprint density at radius 3 is 2.89 bits per heavy atom. The molecule has 1 aromatic heterocycles. The Bertz CT molecular complexity index is 650. The van der Waals surface area contributed by atoms with Gasteiger partial charge in [-0.25, -0.2) is 13.1 Å². The maximum Gasteiger partial charge on any atom is 0.305 e. The molecule has 0 radical (unpaired) electrons. The summed E-state index contributed by atoms with van der Waals surface area (Å²) in [6.45, 7) is 2.18. The Labute approximate surface area is 114 Å². The maximum atomic E-state index is 12.2. The topological polar surface area (TPSA) is 114 Å². The van der Waals surface area contributed by atoms with Gasteiger partial charge >= 0.3 is 4.87 Å². The van der Waals surface area contributed by atoms with Crippen LogP contribution >= 0.6 is 11.3 Å². The fourth-order valence-electron chi connectivity index (χ4n) is 2.77. The largest absolute Gasteiger partial charge is 0.376 e. The molecule has 1 aliphatic heterocycles. The van der Waals surface area contributed by atoms with Gasteiger partial charge in [-0.1, -0.05) is 11.3 Å². The van der Waals surface area contributed by atoms with E-state index in [4.69, 9.17) is 10.5 Å². The molecule has 2 aliphatic rings. The fourth-order valence-corrected chi connectivity index (χ4v) is 5.37. The molecule has 0 aromatic carbocycles. The number of hydrogen-bond acceptors (Lipinski definition) is 6. The third-order valence-electron chi connectivity index (χ3n) is 3.76. The smallest absolute Gasteiger partial charge is 0.305 e. The summed E-state index contributed by atoms with van der Waals surface area (Å²) in [7, 11) is -3.72. The van der Waals surface area contributed by atoms with E-state index >= 15 is 0 Å². The summed E-state index contributed by atoms with van der Waals surface area (Å²) in [4.78, 5) is 13.3. The molecule has 0 bridgehead atoms. The van der Waals surface area contributed by atoms with Crippen LogP contribution in [0.2, 0.25) is 0 Å². The molecule has 2 fully saturated rings. The van der Waals surface area contributed by atoms with Gasteiger partial charge in [-0.3, -0.25) is 4.79 Å². The van der Waals surface area contributed by atoms with E-state index in [0.717, 1.165) is 6.42 Å². The van der Waals surface area contributed by atoms with E-state index in [1.54, 1.807) is 6.92 Å². The van der Waals surface area contributed by atoms with Crippen molar-refractivity contribution in [2.75, 3.05) is 6.61 Å². The van der Waals surface area contributed by atoms with Crippen LogP contribution in [0.4, 0.5) is 0 Å². The van der Waals surface area contributed by atoms with Gasteiger partial charge in [0, 0.05) is 24.3 Å². The van der Waals surface area contributed by atoms with Crippen molar-refractivity contribution >= 4 is 21.4 Å². The first-order chi connectivity index (χ1) is 8.90. The Kier molecular flexibility index (Phi) is 3.06. The quantitative estimate of drug-likeness (QED) is 0.672. The van der Waals surface area contributed by atoms with Crippen LogP contribution in [0, 0.1) is 12.8 Å². The van der Waals surface area contributed by atoms with E-state index in [2.05, 4.69) is 9.71 Å². The second-order valence-corrected chi connectivity index (χ2v) is 7.83. The van der Waals surface area contributed by atoms with Gasteiger partial charge in [0.2, 0.25) is 0 Å². The number of thiazole rings is 1. The minimum atomic E-state index is -3.72. The molecule has 4 unspecified atom stereocenters. The molecule has 1 saturated carbocycles. The zero-order valence-electron chi connectivity index (χ0n) is 10.3. The average molecular weight is 305 g/mol. The second-order valence-electron chi connectivity index (χ2n) is 4.94. The van der Waals surface area contributed by atoms with Crippen LogP contribution in [0.3, 0.4) is 0 Å². The molecular formula is C10H15N3O4S2. The monoisotopic (exact) mass is 305 g/mol. The van der Waals surface area contributed by atoms with E-state index in [-0.39, 0.29) is 27.1 Å². The summed E-state index contributed by atoms with van der Waals surface area (Å²) in [5.41, 5.74) is 6.31. The number of ether oxygens (including phenoxy) is 1. The summed E-state index contributed by atoms with van der Waals surface area (Å²) in [6.07, 6.45) is 0.737. The Morgan fingerprint density at radius 1 is 1.53 bits per heavy atom. The Balaban J connectivity index is 1.83. The predicted molar refractivity (Wildman–Crippen MR) is 69.6 cm³/mol. The summed E-state index contributed by atoms with van der Waals surface area (Å²) in [5.74, 6) is 0.235. The number of fused-ring (bicyclic) bond motifs is 1. The molecule has 1 aliphatic carbocycles. The highest BCUT2D eigenvalue weighted by Gasteiger charge is 2.53. The summed E-state index contributed by atoms with van der Waals surface area (Å²) >= 11 is 0.681. The van der Waals surface area contributed by atoms with Gasteiger partial charge in [0.1, 0.15) is 0 Å². The van der Waals surface area contributed by atoms with Crippen LogP contribution in [-0.4, -0.2) is 38.2 Å². The number of rotatable bonds is 3. The van der Waals surface area contributed by atoms with Gasteiger partial charge in [0.15, 0.2) is 4.21 Å². The summed E-state index contributed by atoms with van der Waals surface area (Å²) < 4.78 is 32.5. The lowest BCUT2D eigenvalue weighted by Crippen LogP contribution is -2.68. The minimum Gasteiger partial charge on any atom is -0.376 e. The normalized spacial score (nSPS) is 34.0. The first-order valence-electron chi connectivity index (χ1n) is 5.99. The first kappa shape index (κ1) is 13.3. The van der Waals surface area contributed by atoms with E-state index < -0.39 is 16.1 Å². The maximum absolute atomic E-state index is 12.2. The molecule has 0 spiro atoms. The highest BCUT2D eigenvalue weighted by Crippen LogP contribution is 2.38. The number of nitrogens with one attached hydrogen (secondary N) is 2. The molecule has 1 aromatic rings. The van der Waals surface area contributed by atoms with Crippen LogP contribution in [0.25, 0.3) is 0 Å². The number of H-pyrrole nitrogens is 1. The van der Waals surface area contributed by atoms with Gasteiger partial charge in [0.05, 0.1) is 12.1 Å². The van der Waals surface area contributed by atoms with Gasteiger partial charge in [-0.05, 0) is 13.3 Å². The van der Waals surface area contributed by atoms with Crippen LogP contribution in [-0.2, 0) is 14.8 Å². The minimum absolute atomic E-state index is 0.0196. The van der Waals surface area contributed by atoms with Gasteiger partial charge in [0.25, 0.3) is 10.0 Å². The SMILES string of the molecule is Cc1[nH]c(=O)sc1S(=O)(=O)NC1C(N)C2CCOC21. The van der Waals surface area contributed by atoms with Gasteiger partial charge in [-0.2, -0.15) is 0 Å². The molecule has 4 atom stereocenters. The lowest BCUT2D eigenvalue weighted by atomic mass is 9.73. The molecule has 19 heavy (non-hydrogen) atoms. The molecule has 0 amide bonds. The molecule has 4 N–H and O–H groups in total. The molecule has 2 heterocycles. The Morgan fingerprint density at radius 2 is 2.26 bits per heavy atom. The number of nitrogens with two attached hydrogens (primary N) is 1. The van der Waals surface area contributed by atoms with Crippen LogP contribution in [0.15, 0.2) is 9.00 Å². The van der Waals surface area contributed by atoms with Crippen LogP contribution in [0.5, 0.6) is 0 Å². The number of hydrogen-bond donors (Lipinski definition) is 3. The van der Waals surface area contributed by atoms with Crippen molar-refractivity contribution < 1.29 is 13.2 Å². The third kappa shape index (κ3) is 2.05. The summed E-state index contributed by atoms with van der Waals surface area (Å²) in [6, 6.07) is -0.632. The van der Waals surface area contributed by atoms with E-state index in [1.807, 2.05) is 0 Å². The Hall–Kier alpha value is -0.740. The predicted octanol–water partition coefficient (Wildman–Crippen LogP) is -0.862. The highest BCUT2D eigenvalue weighted by atomic mass is 32.2. The number of sulfonamides is 1. The van der Waals surface area contributed by atoms with Crippen molar-refractivity contribution in [2.45, 2.75) is 35.7 Å². The number of aryl methyl sites for hydroxylation is 1. The zero-order valence-corrected chi connectivity index (χ0v) is 11.9. The molecule has 106 valence electrons. The van der Waals surface area contributed by atoms with E-state index in [1.165, 1.54) is 0 Å². The molecule has 1 saturated heterocycles. The number of aromatic nitrogens is 1. The fraction of sp³-hybridized carbons (Fsp3) is 0.700. The lowest BCUT2D eigenvalue weighted by molar-refractivity contribution is -0.00922. The van der Waals surface area contributed by atoms with Crippen LogP contribution < -0.4 is 15.3 Å². The highest BCUT2D eigenvalue weighted by molar-refractivity contribution is 7.91. The molecule has 3 rings (SSSR count).